The summed E-state index contributed by atoms with van der Waals surface area (Å²) in [6, 6.07) is 6.91. The van der Waals surface area contributed by atoms with Crippen LogP contribution in [-0.2, 0) is 14.9 Å². The summed E-state index contributed by atoms with van der Waals surface area (Å²) in [6.45, 7) is 1.56. The van der Waals surface area contributed by atoms with E-state index in [4.69, 9.17) is 13.3 Å². The first-order valence-electron chi connectivity index (χ1n) is 13.0. The summed E-state index contributed by atoms with van der Waals surface area (Å²) in [7, 11) is -4.29. The molecule has 0 radical (unpaired) electrons. The average Bonchev–Trinajstić information content (AvgIpc) is 3.25. The molecule has 9 nitrogen and oxygen atoms in total. The number of rotatable bonds is 15. The first kappa shape index (κ1) is 31.8. The van der Waals surface area contributed by atoms with Crippen LogP contribution in [0.3, 0.4) is 0 Å². The Morgan fingerprint density at radius 2 is 1.61 bits per heavy atom. The van der Waals surface area contributed by atoms with Crippen LogP contribution in [0.25, 0.3) is 22.3 Å². The lowest BCUT2D eigenvalue weighted by molar-refractivity contribution is -0.385. The van der Waals surface area contributed by atoms with Crippen LogP contribution in [0.5, 0.6) is 5.75 Å². The second-order valence-corrected chi connectivity index (χ2v) is 11.0. The number of nitro groups is 1. The fourth-order valence-corrected chi connectivity index (χ4v) is 5.25. The van der Waals surface area contributed by atoms with E-state index in [2.05, 4.69) is 0 Å². The van der Waals surface area contributed by atoms with Gasteiger partial charge in [-0.15, -0.1) is 0 Å². The molecule has 0 fully saturated rings. The Hall–Kier alpha value is -3.68. The molecule has 1 aromatic heterocycles. The zero-order valence-corrected chi connectivity index (χ0v) is 23.0. The van der Waals surface area contributed by atoms with Gasteiger partial charge in [0.15, 0.2) is 0 Å². The molecule has 3 rings (SSSR count). The monoisotopic (exact) mass is 603 g/mol. The number of benzene rings is 2. The van der Waals surface area contributed by atoms with Gasteiger partial charge in [-0.3, -0.25) is 10.1 Å². The molecule has 0 amide bonds. The van der Waals surface area contributed by atoms with Crippen molar-refractivity contribution in [2.45, 2.75) is 64.5 Å². The Morgan fingerprint density at radius 3 is 2.20 bits per heavy atom. The van der Waals surface area contributed by atoms with E-state index in [9.17, 15) is 40.9 Å². The summed E-state index contributed by atoms with van der Waals surface area (Å²) >= 11 is 0. The van der Waals surface area contributed by atoms with Gasteiger partial charge in [0.2, 0.25) is 5.75 Å². The third-order valence-corrected chi connectivity index (χ3v) is 7.35. The van der Waals surface area contributed by atoms with Crippen LogP contribution >= 0.6 is 0 Å². The summed E-state index contributed by atoms with van der Waals surface area (Å²) < 4.78 is 91.2. The first-order chi connectivity index (χ1) is 19.3. The van der Waals surface area contributed by atoms with Gasteiger partial charge in [-0.05, 0) is 44.0 Å². The standard InChI is InChI=1S/C27H29F4NO8S/c1-2-38-26(33)24-20-16-23(40-41(36,37)15-9-7-5-3-4-6-8-14-27(29,30)31)21(32(34)35)17-22(20)39-25(24)18-10-12-19(28)13-11-18/h10-13,16-17H,2-9,14-15H2,1H3. The number of hydrogen-bond donors (Lipinski definition) is 0. The molecule has 0 bridgehead atoms. The number of halogens is 4. The molecule has 0 aliphatic heterocycles. The van der Waals surface area contributed by atoms with Crippen molar-refractivity contribution in [3.63, 3.8) is 0 Å². The Balaban J connectivity index is 1.77. The predicted molar refractivity (Wildman–Crippen MR) is 142 cm³/mol. The molecule has 0 saturated carbocycles. The molecule has 0 saturated heterocycles. The van der Waals surface area contributed by atoms with E-state index in [-0.39, 0.29) is 47.3 Å². The van der Waals surface area contributed by atoms with Gasteiger partial charge in [0, 0.05) is 23.4 Å². The number of unbranched alkanes of at least 4 members (excludes halogenated alkanes) is 6. The number of esters is 1. The molecule has 14 heteroatoms. The topological polar surface area (TPSA) is 126 Å². The molecule has 41 heavy (non-hydrogen) atoms. The van der Waals surface area contributed by atoms with Gasteiger partial charge in [-0.2, -0.15) is 21.6 Å². The highest BCUT2D eigenvalue weighted by molar-refractivity contribution is 7.87. The van der Waals surface area contributed by atoms with Crippen LogP contribution in [-0.4, -0.2) is 37.8 Å². The van der Waals surface area contributed by atoms with Gasteiger partial charge in [-0.1, -0.05) is 32.1 Å². The summed E-state index contributed by atoms with van der Waals surface area (Å²) in [5, 5.41) is 11.7. The van der Waals surface area contributed by atoms with Crippen LogP contribution < -0.4 is 4.18 Å². The van der Waals surface area contributed by atoms with Crippen LogP contribution in [0.15, 0.2) is 40.8 Å². The van der Waals surface area contributed by atoms with Gasteiger partial charge >= 0.3 is 28.0 Å². The average molecular weight is 604 g/mol. The van der Waals surface area contributed by atoms with Gasteiger partial charge < -0.3 is 13.3 Å². The summed E-state index contributed by atoms with van der Waals surface area (Å²) in [4.78, 5) is 23.7. The number of carbonyl (C=O) groups is 1. The van der Waals surface area contributed by atoms with Crippen LogP contribution in [0.2, 0.25) is 0 Å². The zero-order valence-electron chi connectivity index (χ0n) is 22.2. The molecule has 1 heterocycles. The van der Waals surface area contributed by atoms with Crippen molar-refractivity contribution in [2.24, 2.45) is 0 Å². The number of ether oxygens (including phenoxy) is 1. The smallest absolute Gasteiger partial charge is 0.389 e. The van der Waals surface area contributed by atoms with E-state index >= 15 is 0 Å². The maximum absolute atomic E-state index is 13.5. The summed E-state index contributed by atoms with van der Waals surface area (Å²) in [6.07, 6.45) is -2.02. The predicted octanol–water partition coefficient (Wildman–Crippen LogP) is 7.72. The molecule has 3 aromatic rings. The van der Waals surface area contributed by atoms with Crippen molar-refractivity contribution in [3.8, 4) is 17.1 Å². The molecular weight excluding hydrogens is 574 g/mol. The molecule has 224 valence electrons. The molecule has 0 unspecified atom stereocenters. The number of hydrogen-bond acceptors (Lipinski definition) is 8. The largest absolute Gasteiger partial charge is 0.462 e. The zero-order chi connectivity index (χ0) is 30.2. The quantitative estimate of drug-likeness (QED) is 0.0432. The Bertz CT molecular complexity index is 1470. The highest BCUT2D eigenvalue weighted by atomic mass is 32.2. The maximum Gasteiger partial charge on any atom is 0.389 e. The van der Waals surface area contributed by atoms with E-state index < -0.39 is 56.6 Å². The highest BCUT2D eigenvalue weighted by Gasteiger charge is 2.30. The third kappa shape index (κ3) is 9.17. The Kier molecular flexibility index (Phi) is 10.7. The van der Waals surface area contributed by atoms with Crippen molar-refractivity contribution < 1.29 is 49.0 Å². The number of furan rings is 1. The number of carbonyl (C=O) groups excluding carboxylic acids is 1. The third-order valence-electron chi connectivity index (χ3n) is 6.12. The first-order valence-corrected chi connectivity index (χ1v) is 14.6. The van der Waals surface area contributed by atoms with Crippen molar-refractivity contribution in [1.82, 2.24) is 0 Å². The number of nitro benzene ring substituents is 1. The van der Waals surface area contributed by atoms with Crippen molar-refractivity contribution in [1.29, 1.82) is 0 Å². The normalized spacial score (nSPS) is 12.0. The molecule has 0 spiro atoms. The minimum Gasteiger partial charge on any atom is -0.462 e. The van der Waals surface area contributed by atoms with E-state index in [1.54, 1.807) is 6.92 Å². The van der Waals surface area contributed by atoms with E-state index in [1.807, 2.05) is 0 Å². The highest BCUT2D eigenvalue weighted by Crippen LogP contribution is 2.40. The number of alkyl halides is 3. The second-order valence-electron chi connectivity index (χ2n) is 9.29. The number of nitrogens with zero attached hydrogens (tertiary/aromatic N) is 1. The maximum atomic E-state index is 13.5. The summed E-state index contributed by atoms with van der Waals surface area (Å²) in [5.74, 6) is -2.50. The molecule has 0 aliphatic rings. The van der Waals surface area contributed by atoms with Crippen molar-refractivity contribution >= 4 is 32.7 Å². The summed E-state index contributed by atoms with van der Waals surface area (Å²) in [5.41, 5.74) is -0.682. The molecule has 0 atom stereocenters. The van der Waals surface area contributed by atoms with Gasteiger partial charge in [-0.25, -0.2) is 9.18 Å². The van der Waals surface area contributed by atoms with E-state index in [1.165, 1.54) is 12.1 Å². The fraction of sp³-hybridized carbons (Fsp3) is 0.444. The molecule has 2 aromatic carbocycles. The van der Waals surface area contributed by atoms with Crippen LogP contribution in [0.4, 0.5) is 23.2 Å². The lowest BCUT2D eigenvalue weighted by Crippen LogP contribution is -2.14. The molecule has 0 aliphatic carbocycles. The Labute approximate surface area is 233 Å². The second kappa shape index (κ2) is 13.8. The van der Waals surface area contributed by atoms with Gasteiger partial charge in [0.25, 0.3) is 0 Å². The minimum atomic E-state index is -4.29. The minimum absolute atomic E-state index is 0.00379. The van der Waals surface area contributed by atoms with Gasteiger partial charge in [0.05, 0.1) is 23.3 Å². The number of fused-ring (bicyclic) bond motifs is 1. The fourth-order valence-electron chi connectivity index (χ4n) is 4.20. The SMILES string of the molecule is CCOC(=O)c1c(-c2ccc(F)cc2)oc2cc([N+](=O)[O-])c(OS(=O)(=O)CCCCCCCCCC(F)(F)F)cc12. The van der Waals surface area contributed by atoms with Crippen LogP contribution in [0, 0.1) is 15.9 Å². The Morgan fingerprint density at radius 1 is 1.00 bits per heavy atom. The van der Waals surface area contributed by atoms with Crippen LogP contribution in [0.1, 0.15) is 68.6 Å². The van der Waals surface area contributed by atoms with Gasteiger partial charge in [0.1, 0.15) is 22.7 Å². The van der Waals surface area contributed by atoms with Crippen molar-refractivity contribution in [3.05, 3.63) is 57.9 Å². The van der Waals surface area contributed by atoms with E-state index in [0.717, 1.165) is 24.3 Å². The lowest BCUT2D eigenvalue weighted by Gasteiger charge is -2.08. The molecule has 0 N–H and O–H groups in total. The lowest BCUT2D eigenvalue weighted by atomic mass is 10.0. The van der Waals surface area contributed by atoms with Crippen molar-refractivity contribution in [2.75, 3.05) is 12.4 Å². The van der Waals surface area contributed by atoms with E-state index in [0.29, 0.717) is 32.1 Å². The molecular formula is C27H29F4NO8S.